The van der Waals surface area contributed by atoms with Gasteiger partial charge in [0, 0.05) is 29.5 Å². The van der Waals surface area contributed by atoms with Crippen LogP contribution >= 0.6 is 23.4 Å². The van der Waals surface area contributed by atoms with Gasteiger partial charge in [0.25, 0.3) is 0 Å². The number of hydrogen-bond acceptors (Lipinski definition) is 4. The lowest BCUT2D eigenvalue weighted by Crippen LogP contribution is -2.12. The van der Waals surface area contributed by atoms with Crippen LogP contribution in [0.4, 0.5) is 5.69 Å². The van der Waals surface area contributed by atoms with Gasteiger partial charge in [-0.05, 0) is 25.1 Å². The zero-order valence-corrected chi connectivity index (χ0v) is 15.0. The van der Waals surface area contributed by atoms with E-state index in [0.717, 1.165) is 21.6 Å². The second-order valence-corrected chi connectivity index (χ2v) is 6.93. The number of amides is 1. The van der Waals surface area contributed by atoms with E-state index in [1.807, 2.05) is 44.3 Å². The molecule has 0 saturated carbocycles. The summed E-state index contributed by atoms with van der Waals surface area (Å²) in [5.74, 6) is 0.620. The van der Waals surface area contributed by atoms with Gasteiger partial charge >= 0.3 is 0 Å². The maximum absolute atomic E-state index is 12.1. The first kappa shape index (κ1) is 16.8. The number of carbonyl (C=O) groups excluding carboxylic acids is 1. The Balaban J connectivity index is 1.59. The number of rotatable bonds is 5. The van der Waals surface area contributed by atoms with E-state index in [4.69, 9.17) is 11.6 Å². The number of nitrogens with zero attached hydrogens (tertiary/aromatic N) is 3. The van der Waals surface area contributed by atoms with Crippen molar-refractivity contribution in [2.45, 2.75) is 18.2 Å². The van der Waals surface area contributed by atoms with Crippen molar-refractivity contribution >= 4 is 46.0 Å². The summed E-state index contributed by atoms with van der Waals surface area (Å²) in [6, 6.07) is 9.53. The van der Waals surface area contributed by atoms with Crippen molar-refractivity contribution in [3.63, 3.8) is 0 Å². The van der Waals surface area contributed by atoms with E-state index in [1.165, 1.54) is 0 Å². The van der Waals surface area contributed by atoms with Gasteiger partial charge in [-0.15, -0.1) is 11.8 Å². The Hall–Kier alpha value is -2.05. The monoisotopic (exact) mass is 360 g/mol. The summed E-state index contributed by atoms with van der Waals surface area (Å²) in [5, 5.41) is 8.87. The molecule has 24 heavy (non-hydrogen) atoms. The van der Waals surface area contributed by atoms with Crippen LogP contribution in [0, 0.1) is 6.92 Å². The summed E-state index contributed by atoms with van der Waals surface area (Å²) in [6.07, 6.45) is 2.06. The number of anilines is 1. The molecule has 0 saturated heterocycles. The summed E-state index contributed by atoms with van der Waals surface area (Å²) in [7, 11) is 1.85. The Bertz CT molecular complexity index is 893. The van der Waals surface area contributed by atoms with Crippen LogP contribution in [0.2, 0.25) is 5.02 Å². The Kier molecular flexibility index (Phi) is 5.06. The molecule has 3 rings (SSSR count). The SMILES string of the molecule is Cc1nn(C)c2ncc(NC(=O)CCSc3ccccc3Cl)cc12. The predicted molar refractivity (Wildman–Crippen MR) is 98.7 cm³/mol. The van der Waals surface area contributed by atoms with Crippen LogP contribution < -0.4 is 5.32 Å². The van der Waals surface area contributed by atoms with Crippen LogP contribution in [-0.2, 0) is 11.8 Å². The van der Waals surface area contributed by atoms with Gasteiger partial charge in [-0.1, -0.05) is 23.7 Å². The number of carbonyl (C=O) groups is 1. The zero-order valence-electron chi connectivity index (χ0n) is 13.4. The van der Waals surface area contributed by atoms with Crippen molar-refractivity contribution in [2.75, 3.05) is 11.1 Å². The molecule has 0 unspecified atom stereocenters. The highest BCUT2D eigenvalue weighted by Crippen LogP contribution is 2.27. The second kappa shape index (κ2) is 7.23. The van der Waals surface area contributed by atoms with Gasteiger partial charge in [-0.3, -0.25) is 9.48 Å². The fraction of sp³-hybridized carbons (Fsp3) is 0.235. The van der Waals surface area contributed by atoms with Crippen molar-refractivity contribution in [1.82, 2.24) is 14.8 Å². The number of nitrogens with one attached hydrogen (secondary N) is 1. The number of halogens is 1. The molecule has 1 amide bonds. The first-order valence-corrected chi connectivity index (χ1v) is 8.87. The number of pyridine rings is 1. The van der Waals surface area contributed by atoms with Gasteiger partial charge in [0.2, 0.25) is 5.91 Å². The molecule has 124 valence electrons. The first-order chi connectivity index (χ1) is 11.5. The van der Waals surface area contributed by atoms with Crippen LogP contribution in [0.3, 0.4) is 0 Å². The van der Waals surface area contributed by atoms with Crippen LogP contribution in [0.5, 0.6) is 0 Å². The minimum Gasteiger partial charge on any atom is -0.325 e. The molecule has 2 heterocycles. The molecular weight excluding hydrogens is 344 g/mol. The lowest BCUT2D eigenvalue weighted by atomic mass is 10.2. The zero-order chi connectivity index (χ0) is 17.1. The quantitative estimate of drug-likeness (QED) is 0.697. The third kappa shape index (κ3) is 3.71. The van der Waals surface area contributed by atoms with Crippen molar-refractivity contribution in [3.05, 3.63) is 47.2 Å². The maximum Gasteiger partial charge on any atom is 0.225 e. The molecule has 0 aliphatic carbocycles. The van der Waals surface area contributed by atoms with Crippen LogP contribution in [0.25, 0.3) is 11.0 Å². The molecule has 0 aliphatic rings. The summed E-state index contributed by atoms with van der Waals surface area (Å²) in [4.78, 5) is 17.5. The highest BCUT2D eigenvalue weighted by molar-refractivity contribution is 7.99. The molecule has 3 aromatic rings. The van der Waals surface area contributed by atoms with E-state index < -0.39 is 0 Å². The van der Waals surface area contributed by atoms with Crippen molar-refractivity contribution in [3.8, 4) is 0 Å². The number of fused-ring (bicyclic) bond motifs is 1. The molecule has 2 aromatic heterocycles. The topological polar surface area (TPSA) is 59.8 Å². The van der Waals surface area contributed by atoms with E-state index >= 15 is 0 Å². The van der Waals surface area contributed by atoms with Gasteiger partial charge < -0.3 is 5.32 Å². The van der Waals surface area contributed by atoms with Crippen LogP contribution in [-0.4, -0.2) is 26.4 Å². The number of thioether (sulfide) groups is 1. The van der Waals surface area contributed by atoms with Crippen molar-refractivity contribution < 1.29 is 4.79 Å². The normalized spacial score (nSPS) is 11.0. The Morgan fingerprint density at radius 3 is 2.96 bits per heavy atom. The van der Waals surface area contributed by atoms with Gasteiger partial charge in [0.05, 0.1) is 22.6 Å². The van der Waals surface area contributed by atoms with Gasteiger partial charge in [0.1, 0.15) is 0 Å². The molecule has 7 heteroatoms. The van der Waals surface area contributed by atoms with Gasteiger partial charge in [-0.2, -0.15) is 5.10 Å². The summed E-state index contributed by atoms with van der Waals surface area (Å²) < 4.78 is 1.73. The molecular formula is C17H17ClN4OS. The molecule has 1 aromatic carbocycles. The number of benzene rings is 1. The van der Waals surface area contributed by atoms with E-state index in [0.29, 0.717) is 22.9 Å². The molecule has 5 nitrogen and oxygen atoms in total. The third-order valence-electron chi connectivity index (χ3n) is 3.57. The van der Waals surface area contributed by atoms with Gasteiger partial charge in [0.15, 0.2) is 5.65 Å². The molecule has 0 atom stereocenters. The fourth-order valence-electron chi connectivity index (χ4n) is 2.42. The predicted octanol–water partition coefficient (Wildman–Crippen LogP) is 4.05. The molecule has 1 N–H and O–H groups in total. The molecule has 0 spiro atoms. The van der Waals surface area contributed by atoms with Crippen LogP contribution in [0.1, 0.15) is 12.1 Å². The fourth-order valence-corrected chi connectivity index (χ4v) is 3.60. The van der Waals surface area contributed by atoms with E-state index in [1.54, 1.807) is 22.6 Å². The third-order valence-corrected chi connectivity index (χ3v) is 5.09. The average Bonchev–Trinajstić information content (AvgIpc) is 2.83. The minimum atomic E-state index is -0.0442. The molecule has 0 radical (unpaired) electrons. The number of aromatic nitrogens is 3. The Morgan fingerprint density at radius 2 is 2.17 bits per heavy atom. The standard InChI is InChI=1S/C17H17ClN4OS/c1-11-13-9-12(10-19-17(13)22(2)21-11)20-16(23)7-8-24-15-6-4-3-5-14(15)18/h3-6,9-10H,7-8H2,1-2H3,(H,20,23). The second-order valence-electron chi connectivity index (χ2n) is 5.38. The lowest BCUT2D eigenvalue weighted by molar-refractivity contribution is -0.115. The van der Waals surface area contributed by atoms with Crippen molar-refractivity contribution in [1.29, 1.82) is 0 Å². The largest absolute Gasteiger partial charge is 0.325 e. The van der Waals surface area contributed by atoms with Crippen LogP contribution in [0.15, 0.2) is 41.4 Å². The molecule has 0 aliphatic heterocycles. The number of hydrogen-bond donors (Lipinski definition) is 1. The first-order valence-electron chi connectivity index (χ1n) is 7.51. The van der Waals surface area contributed by atoms with Crippen molar-refractivity contribution in [2.24, 2.45) is 7.05 Å². The Morgan fingerprint density at radius 1 is 1.38 bits per heavy atom. The average molecular weight is 361 g/mol. The summed E-state index contributed by atoms with van der Waals surface area (Å²) >= 11 is 7.68. The summed E-state index contributed by atoms with van der Waals surface area (Å²) in [5.41, 5.74) is 2.39. The smallest absolute Gasteiger partial charge is 0.225 e. The Labute approximate surface area is 149 Å². The summed E-state index contributed by atoms with van der Waals surface area (Å²) in [6.45, 7) is 1.93. The lowest BCUT2D eigenvalue weighted by Gasteiger charge is -2.06. The highest BCUT2D eigenvalue weighted by atomic mass is 35.5. The maximum atomic E-state index is 12.1. The van der Waals surface area contributed by atoms with Gasteiger partial charge in [-0.25, -0.2) is 4.98 Å². The molecule has 0 fully saturated rings. The minimum absolute atomic E-state index is 0.0442. The van der Waals surface area contributed by atoms with E-state index in [2.05, 4.69) is 15.4 Å². The highest BCUT2D eigenvalue weighted by Gasteiger charge is 2.09. The number of aryl methyl sites for hydroxylation is 2. The molecule has 0 bridgehead atoms. The van der Waals surface area contributed by atoms with E-state index in [9.17, 15) is 4.79 Å². The van der Waals surface area contributed by atoms with E-state index in [-0.39, 0.29) is 5.91 Å².